The summed E-state index contributed by atoms with van der Waals surface area (Å²) in [6.07, 6.45) is 4.59. The smallest absolute Gasteiger partial charge is 0.337 e. The van der Waals surface area contributed by atoms with Gasteiger partial charge in [-0.1, -0.05) is 24.3 Å². The third kappa shape index (κ3) is 4.11. The van der Waals surface area contributed by atoms with Gasteiger partial charge in [-0.05, 0) is 35.4 Å². The van der Waals surface area contributed by atoms with Crippen LogP contribution in [0.4, 0.5) is 5.69 Å². The highest BCUT2D eigenvalue weighted by Gasteiger charge is 2.08. The van der Waals surface area contributed by atoms with Crippen molar-refractivity contribution in [1.82, 2.24) is 9.55 Å². The second kappa shape index (κ2) is 7.87. The summed E-state index contributed by atoms with van der Waals surface area (Å²) in [6.45, 7) is 0.715. The van der Waals surface area contributed by atoms with E-state index >= 15 is 0 Å². The van der Waals surface area contributed by atoms with Gasteiger partial charge in [-0.15, -0.1) is 0 Å². The molecule has 0 aliphatic rings. The summed E-state index contributed by atoms with van der Waals surface area (Å²) >= 11 is 0. The second-order valence-corrected chi connectivity index (χ2v) is 6.40. The highest BCUT2D eigenvalue weighted by atomic mass is 16.5. The first-order chi connectivity index (χ1) is 12.6. The van der Waals surface area contributed by atoms with E-state index in [2.05, 4.69) is 38.7 Å². The fourth-order valence-corrected chi connectivity index (χ4v) is 2.81. The van der Waals surface area contributed by atoms with Crippen LogP contribution in [-0.4, -0.2) is 36.7 Å². The number of ether oxygens (including phenoxy) is 1. The Balaban J connectivity index is 1.71. The van der Waals surface area contributed by atoms with Crippen molar-refractivity contribution in [3.63, 3.8) is 0 Å². The van der Waals surface area contributed by atoms with Crippen LogP contribution in [0.5, 0.6) is 0 Å². The van der Waals surface area contributed by atoms with Gasteiger partial charge < -0.3 is 14.2 Å². The van der Waals surface area contributed by atoms with Crippen LogP contribution in [0, 0.1) is 0 Å². The minimum Gasteiger partial charge on any atom is -0.465 e. The highest BCUT2D eigenvalue weighted by Crippen LogP contribution is 2.16. The molecule has 0 atom stereocenters. The molecule has 0 N–H and O–H groups in total. The second-order valence-electron chi connectivity index (χ2n) is 6.40. The van der Waals surface area contributed by atoms with Crippen LogP contribution < -0.4 is 4.90 Å². The Morgan fingerprint density at radius 1 is 1.04 bits per heavy atom. The average Bonchev–Trinajstić information content (AvgIpc) is 3.09. The fourth-order valence-electron chi connectivity index (χ4n) is 2.81. The number of rotatable bonds is 6. The van der Waals surface area contributed by atoms with Crippen molar-refractivity contribution in [3.05, 3.63) is 83.4 Å². The minimum absolute atomic E-state index is 0.318. The quantitative estimate of drug-likeness (QED) is 0.640. The van der Waals surface area contributed by atoms with Gasteiger partial charge in [0.1, 0.15) is 5.82 Å². The molecule has 0 saturated carbocycles. The Hall–Kier alpha value is -3.08. The number of esters is 1. The van der Waals surface area contributed by atoms with Gasteiger partial charge in [0.05, 0.1) is 12.7 Å². The molecule has 0 saturated heterocycles. The average molecular weight is 349 g/mol. The van der Waals surface area contributed by atoms with Crippen molar-refractivity contribution in [2.45, 2.75) is 13.0 Å². The highest BCUT2D eigenvalue weighted by molar-refractivity contribution is 5.89. The predicted molar refractivity (Wildman–Crippen MR) is 103 cm³/mol. The molecule has 0 aliphatic heterocycles. The Morgan fingerprint density at radius 3 is 2.31 bits per heavy atom. The van der Waals surface area contributed by atoms with Crippen molar-refractivity contribution >= 4 is 11.7 Å². The van der Waals surface area contributed by atoms with Crippen LogP contribution >= 0.6 is 0 Å². The van der Waals surface area contributed by atoms with Crippen molar-refractivity contribution in [2.24, 2.45) is 0 Å². The van der Waals surface area contributed by atoms with Gasteiger partial charge in [0.2, 0.25) is 0 Å². The summed E-state index contributed by atoms with van der Waals surface area (Å²) in [6, 6.07) is 16.0. The molecule has 5 heteroatoms. The lowest BCUT2D eigenvalue weighted by Crippen LogP contribution is -2.09. The molecular weight excluding hydrogens is 326 g/mol. The summed E-state index contributed by atoms with van der Waals surface area (Å²) in [4.78, 5) is 18.1. The van der Waals surface area contributed by atoms with Crippen LogP contribution in [0.15, 0.2) is 60.9 Å². The number of carbonyl (C=O) groups is 1. The fraction of sp³-hybridized carbons (Fsp3) is 0.238. The zero-order valence-electron chi connectivity index (χ0n) is 15.3. The van der Waals surface area contributed by atoms with E-state index in [9.17, 15) is 4.79 Å². The number of anilines is 1. The molecule has 0 radical (unpaired) electrons. The maximum Gasteiger partial charge on any atom is 0.337 e. The van der Waals surface area contributed by atoms with Gasteiger partial charge in [-0.2, -0.15) is 0 Å². The van der Waals surface area contributed by atoms with Crippen molar-refractivity contribution in [2.75, 3.05) is 26.1 Å². The monoisotopic (exact) mass is 349 g/mol. The molecule has 1 heterocycles. The third-order valence-corrected chi connectivity index (χ3v) is 4.34. The number of hydrogen-bond acceptors (Lipinski definition) is 4. The van der Waals surface area contributed by atoms with Gasteiger partial charge in [-0.3, -0.25) is 0 Å². The van der Waals surface area contributed by atoms with E-state index in [1.807, 2.05) is 38.6 Å². The van der Waals surface area contributed by atoms with E-state index in [0.29, 0.717) is 12.1 Å². The molecule has 0 unspecified atom stereocenters. The summed E-state index contributed by atoms with van der Waals surface area (Å²) < 4.78 is 6.87. The number of methoxy groups -OCH3 is 1. The van der Waals surface area contributed by atoms with E-state index in [-0.39, 0.29) is 5.97 Å². The van der Waals surface area contributed by atoms with Gasteiger partial charge in [-0.25, -0.2) is 9.78 Å². The lowest BCUT2D eigenvalue weighted by molar-refractivity contribution is 0.0600. The molecule has 0 aliphatic carbocycles. The molecule has 0 amide bonds. The predicted octanol–water partition coefficient (Wildman–Crippen LogP) is 3.37. The van der Waals surface area contributed by atoms with Crippen LogP contribution in [-0.2, 0) is 17.7 Å². The molecule has 0 spiro atoms. The van der Waals surface area contributed by atoms with Gasteiger partial charge in [0, 0.05) is 45.1 Å². The topological polar surface area (TPSA) is 47.4 Å². The molecule has 0 bridgehead atoms. The summed E-state index contributed by atoms with van der Waals surface area (Å²) in [5.74, 6) is 0.695. The number of carbonyl (C=O) groups excluding carboxylic acids is 1. The lowest BCUT2D eigenvalue weighted by Gasteiger charge is -2.13. The van der Waals surface area contributed by atoms with Gasteiger partial charge in [0.15, 0.2) is 0 Å². The summed E-state index contributed by atoms with van der Waals surface area (Å²) in [7, 11) is 5.46. The summed E-state index contributed by atoms with van der Waals surface area (Å²) in [5.41, 5.74) is 4.08. The Kier molecular flexibility index (Phi) is 5.37. The Bertz CT molecular complexity index is 865. The van der Waals surface area contributed by atoms with E-state index in [4.69, 9.17) is 4.74 Å². The van der Waals surface area contributed by atoms with Crippen LogP contribution in [0.2, 0.25) is 0 Å². The Labute approximate surface area is 153 Å². The Morgan fingerprint density at radius 2 is 1.69 bits per heavy atom. The van der Waals surface area contributed by atoms with E-state index in [1.54, 1.807) is 12.1 Å². The molecule has 3 rings (SSSR count). The van der Waals surface area contributed by atoms with Gasteiger partial charge >= 0.3 is 5.97 Å². The van der Waals surface area contributed by atoms with Crippen molar-refractivity contribution in [3.8, 4) is 0 Å². The number of benzene rings is 2. The largest absolute Gasteiger partial charge is 0.465 e. The molecule has 0 fully saturated rings. The minimum atomic E-state index is -0.318. The van der Waals surface area contributed by atoms with Crippen LogP contribution in [0.3, 0.4) is 0 Å². The molecule has 134 valence electrons. The number of aromatic nitrogens is 2. The van der Waals surface area contributed by atoms with E-state index in [1.165, 1.54) is 18.4 Å². The third-order valence-electron chi connectivity index (χ3n) is 4.34. The first-order valence-electron chi connectivity index (χ1n) is 8.50. The molecule has 1 aromatic heterocycles. The standard InChI is InChI=1S/C21H23N3O2/c1-23(2)19-10-6-16(7-11-19)14-20-22-12-13-24(20)15-17-4-8-18(9-5-17)21(25)26-3/h4-13H,14-15H2,1-3H3. The van der Waals surface area contributed by atoms with E-state index in [0.717, 1.165) is 17.8 Å². The normalized spacial score (nSPS) is 10.6. The lowest BCUT2D eigenvalue weighted by atomic mass is 10.1. The van der Waals surface area contributed by atoms with Crippen LogP contribution in [0.25, 0.3) is 0 Å². The first kappa shape index (κ1) is 17.7. The number of hydrogen-bond donors (Lipinski definition) is 0. The van der Waals surface area contributed by atoms with E-state index < -0.39 is 0 Å². The SMILES string of the molecule is COC(=O)c1ccc(Cn2ccnc2Cc2ccc(N(C)C)cc2)cc1. The van der Waals surface area contributed by atoms with Crippen molar-refractivity contribution < 1.29 is 9.53 Å². The van der Waals surface area contributed by atoms with Crippen molar-refractivity contribution in [1.29, 1.82) is 0 Å². The number of nitrogens with zero attached hydrogens (tertiary/aromatic N) is 3. The zero-order valence-corrected chi connectivity index (χ0v) is 15.3. The van der Waals surface area contributed by atoms with Gasteiger partial charge in [0.25, 0.3) is 0 Å². The van der Waals surface area contributed by atoms with Crippen LogP contribution in [0.1, 0.15) is 27.3 Å². The molecule has 26 heavy (non-hydrogen) atoms. The number of imidazole rings is 1. The molecule has 5 nitrogen and oxygen atoms in total. The summed E-state index contributed by atoms with van der Waals surface area (Å²) in [5, 5.41) is 0. The maximum atomic E-state index is 11.5. The molecule has 2 aromatic carbocycles. The first-order valence-corrected chi connectivity index (χ1v) is 8.50. The molecular formula is C21H23N3O2. The zero-order chi connectivity index (χ0) is 18.5. The maximum absolute atomic E-state index is 11.5. The molecule has 3 aromatic rings.